The maximum atomic E-state index is 13.0. The van der Waals surface area contributed by atoms with Gasteiger partial charge in [-0.15, -0.1) is 0 Å². The first-order valence-electron chi connectivity index (χ1n) is 7.34. The summed E-state index contributed by atoms with van der Waals surface area (Å²) >= 11 is 0. The molecule has 5 nitrogen and oxygen atoms in total. The predicted octanol–water partition coefficient (Wildman–Crippen LogP) is 4.17. The minimum Gasteiger partial charge on any atom is -0.495 e. The van der Waals surface area contributed by atoms with E-state index in [1.807, 2.05) is 0 Å². The number of hydrogen-bond acceptors (Lipinski definition) is 4. The molecule has 0 atom stereocenters. The van der Waals surface area contributed by atoms with Gasteiger partial charge in [0.25, 0.3) is 5.91 Å². The Labute approximate surface area is 147 Å². The highest BCUT2D eigenvalue weighted by Crippen LogP contribution is 2.34. The first-order valence-corrected chi connectivity index (χ1v) is 7.34. The number of methoxy groups -OCH3 is 1. The molecule has 2 N–H and O–H groups in total. The molecule has 0 aliphatic carbocycles. The number of benzene rings is 2. The largest absolute Gasteiger partial charge is 0.495 e. The maximum absolute atomic E-state index is 13.0. The van der Waals surface area contributed by atoms with E-state index in [4.69, 9.17) is 10.00 Å². The third kappa shape index (κ3) is 4.54. The Balaban J connectivity index is 2.21. The molecule has 0 unspecified atom stereocenters. The van der Waals surface area contributed by atoms with Crippen LogP contribution in [0.15, 0.2) is 60.3 Å². The first kappa shape index (κ1) is 18.9. The van der Waals surface area contributed by atoms with Gasteiger partial charge in [0.15, 0.2) is 0 Å². The summed E-state index contributed by atoms with van der Waals surface area (Å²) in [6, 6.07) is 12.9. The van der Waals surface area contributed by atoms with Crippen molar-refractivity contribution in [2.24, 2.45) is 0 Å². The fourth-order valence-electron chi connectivity index (χ4n) is 2.09. The Morgan fingerprint density at radius 1 is 1.12 bits per heavy atom. The zero-order chi connectivity index (χ0) is 19.2. The van der Waals surface area contributed by atoms with Gasteiger partial charge in [0.1, 0.15) is 17.4 Å². The highest BCUT2D eigenvalue weighted by Gasteiger charge is 2.33. The SMILES string of the molecule is COc1ccccc1NC(=O)/C(C#N)=C\Nc1ccccc1C(F)(F)F. The molecule has 0 heterocycles. The third-order valence-corrected chi connectivity index (χ3v) is 3.32. The summed E-state index contributed by atoms with van der Waals surface area (Å²) < 4.78 is 44.0. The number of ether oxygens (including phenoxy) is 1. The first-order chi connectivity index (χ1) is 12.4. The number of anilines is 2. The summed E-state index contributed by atoms with van der Waals surface area (Å²) in [6.07, 6.45) is -3.64. The molecule has 8 heteroatoms. The molecule has 0 saturated carbocycles. The van der Waals surface area contributed by atoms with Crippen molar-refractivity contribution in [1.82, 2.24) is 0 Å². The molecule has 0 fully saturated rings. The van der Waals surface area contributed by atoms with E-state index >= 15 is 0 Å². The van der Waals surface area contributed by atoms with Crippen LogP contribution in [0.2, 0.25) is 0 Å². The van der Waals surface area contributed by atoms with Gasteiger partial charge >= 0.3 is 6.18 Å². The third-order valence-electron chi connectivity index (χ3n) is 3.32. The average molecular weight is 361 g/mol. The predicted molar refractivity (Wildman–Crippen MR) is 90.4 cm³/mol. The van der Waals surface area contributed by atoms with Gasteiger partial charge in [0.05, 0.1) is 24.0 Å². The van der Waals surface area contributed by atoms with Crippen LogP contribution < -0.4 is 15.4 Å². The molecule has 2 aromatic rings. The van der Waals surface area contributed by atoms with Crippen LogP contribution in [0.1, 0.15) is 5.56 Å². The van der Waals surface area contributed by atoms with Crippen molar-refractivity contribution < 1.29 is 22.7 Å². The van der Waals surface area contributed by atoms with Crippen LogP contribution in [-0.4, -0.2) is 13.0 Å². The van der Waals surface area contributed by atoms with Crippen LogP contribution in [0.3, 0.4) is 0 Å². The number of amides is 1. The summed E-state index contributed by atoms with van der Waals surface area (Å²) in [5.41, 5.74) is -1.23. The van der Waals surface area contributed by atoms with Crippen molar-refractivity contribution >= 4 is 17.3 Å². The van der Waals surface area contributed by atoms with Crippen LogP contribution in [0.4, 0.5) is 24.5 Å². The molecule has 0 radical (unpaired) electrons. The fraction of sp³-hybridized carbons (Fsp3) is 0.111. The summed E-state index contributed by atoms with van der Waals surface area (Å²) in [4.78, 5) is 12.2. The molecular weight excluding hydrogens is 347 g/mol. The number of halogens is 3. The van der Waals surface area contributed by atoms with E-state index < -0.39 is 23.2 Å². The molecule has 0 aliphatic rings. The Morgan fingerprint density at radius 2 is 1.73 bits per heavy atom. The second kappa shape index (κ2) is 8.07. The number of carbonyl (C=O) groups excluding carboxylic acids is 1. The van der Waals surface area contributed by atoms with E-state index in [2.05, 4.69) is 10.6 Å². The minimum absolute atomic E-state index is 0.266. The van der Waals surface area contributed by atoms with Gasteiger partial charge in [0.2, 0.25) is 0 Å². The maximum Gasteiger partial charge on any atom is 0.418 e. The van der Waals surface area contributed by atoms with Crippen molar-refractivity contribution in [3.8, 4) is 11.8 Å². The van der Waals surface area contributed by atoms with E-state index in [0.29, 0.717) is 11.4 Å². The normalized spacial score (nSPS) is 11.4. The van der Waals surface area contributed by atoms with Crippen molar-refractivity contribution in [1.29, 1.82) is 5.26 Å². The van der Waals surface area contributed by atoms with Gasteiger partial charge in [-0.1, -0.05) is 24.3 Å². The Hall–Kier alpha value is -3.47. The van der Waals surface area contributed by atoms with E-state index in [-0.39, 0.29) is 5.69 Å². The van der Waals surface area contributed by atoms with Gasteiger partial charge in [-0.25, -0.2) is 0 Å². The number of nitrogens with one attached hydrogen (secondary N) is 2. The van der Waals surface area contributed by atoms with Gasteiger partial charge in [-0.2, -0.15) is 18.4 Å². The van der Waals surface area contributed by atoms with Crippen molar-refractivity contribution in [2.75, 3.05) is 17.7 Å². The van der Waals surface area contributed by atoms with Crippen LogP contribution in [0.5, 0.6) is 5.75 Å². The average Bonchev–Trinajstić information content (AvgIpc) is 2.62. The molecule has 0 spiro atoms. The molecule has 26 heavy (non-hydrogen) atoms. The van der Waals surface area contributed by atoms with E-state index in [9.17, 15) is 18.0 Å². The highest BCUT2D eigenvalue weighted by molar-refractivity contribution is 6.07. The second-order valence-electron chi connectivity index (χ2n) is 5.01. The molecule has 0 aliphatic heterocycles. The molecule has 0 saturated heterocycles. The van der Waals surface area contributed by atoms with Crippen molar-refractivity contribution in [3.05, 3.63) is 65.9 Å². The van der Waals surface area contributed by atoms with E-state index in [0.717, 1.165) is 12.3 Å². The van der Waals surface area contributed by atoms with Gasteiger partial charge < -0.3 is 15.4 Å². The molecular formula is C18H14F3N3O2. The molecule has 0 aromatic heterocycles. The van der Waals surface area contributed by atoms with E-state index in [1.54, 1.807) is 30.3 Å². The molecule has 2 rings (SSSR count). The van der Waals surface area contributed by atoms with Gasteiger partial charge in [-0.05, 0) is 24.3 Å². The zero-order valence-corrected chi connectivity index (χ0v) is 13.6. The Kier molecular flexibility index (Phi) is 5.86. The van der Waals surface area contributed by atoms with Gasteiger partial charge in [-0.3, -0.25) is 4.79 Å². The Morgan fingerprint density at radius 3 is 2.35 bits per heavy atom. The number of nitrogens with zero attached hydrogens (tertiary/aromatic N) is 1. The number of nitriles is 1. The van der Waals surface area contributed by atoms with Crippen LogP contribution in [0.25, 0.3) is 0 Å². The highest BCUT2D eigenvalue weighted by atomic mass is 19.4. The minimum atomic E-state index is -4.57. The zero-order valence-electron chi connectivity index (χ0n) is 13.6. The molecule has 1 amide bonds. The standard InChI is InChI=1S/C18H14F3N3O2/c1-26-16-9-5-4-8-15(16)24-17(25)12(10-22)11-23-14-7-3-2-6-13(14)18(19,20)21/h2-9,11,23H,1H3,(H,24,25)/b12-11-. The van der Waals surface area contributed by atoms with E-state index in [1.165, 1.54) is 25.3 Å². The summed E-state index contributed by atoms with van der Waals surface area (Å²) in [7, 11) is 1.42. The second-order valence-corrected chi connectivity index (χ2v) is 5.01. The lowest BCUT2D eigenvalue weighted by Gasteiger charge is -2.12. The lowest BCUT2D eigenvalue weighted by molar-refractivity contribution is -0.136. The molecule has 2 aromatic carbocycles. The smallest absolute Gasteiger partial charge is 0.418 e. The Bertz CT molecular complexity index is 870. The fourth-order valence-corrected chi connectivity index (χ4v) is 2.09. The number of carbonyl (C=O) groups is 1. The summed E-state index contributed by atoms with van der Waals surface area (Å²) in [5.74, 6) is -0.400. The van der Waals surface area contributed by atoms with Gasteiger partial charge in [0, 0.05) is 6.20 Å². The van der Waals surface area contributed by atoms with Crippen molar-refractivity contribution in [3.63, 3.8) is 0 Å². The van der Waals surface area contributed by atoms with Crippen LogP contribution in [-0.2, 0) is 11.0 Å². The number of para-hydroxylation sites is 3. The quantitative estimate of drug-likeness (QED) is 0.619. The summed E-state index contributed by atoms with van der Waals surface area (Å²) in [6.45, 7) is 0. The monoisotopic (exact) mass is 361 g/mol. The number of rotatable bonds is 5. The molecule has 0 bridgehead atoms. The lowest BCUT2D eigenvalue weighted by Crippen LogP contribution is -2.15. The molecule has 134 valence electrons. The lowest BCUT2D eigenvalue weighted by atomic mass is 10.1. The van der Waals surface area contributed by atoms with Crippen molar-refractivity contribution in [2.45, 2.75) is 6.18 Å². The number of alkyl halides is 3. The topological polar surface area (TPSA) is 74.1 Å². The van der Waals surface area contributed by atoms with Crippen LogP contribution >= 0.6 is 0 Å². The summed E-state index contributed by atoms with van der Waals surface area (Å²) in [5, 5.41) is 14.0. The van der Waals surface area contributed by atoms with Crippen LogP contribution in [0, 0.1) is 11.3 Å². The number of hydrogen-bond donors (Lipinski definition) is 2.